The van der Waals surface area contributed by atoms with Gasteiger partial charge >= 0.3 is 0 Å². The monoisotopic (exact) mass is 1260 g/mol. The Balaban J connectivity index is 0.000000128. The molecule has 96 heavy (non-hydrogen) atoms. The van der Waals surface area contributed by atoms with Crippen LogP contribution in [-0.4, -0.2) is 0 Å². The van der Waals surface area contributed by atoms with Crippen molar-refractivity contribution < 1.29 is 31.1 Å². The SMILES string of the molecule is Cc1cc(C)c(C)c(-c2cc3ccccc3c[n+]2C)c1.Cc1ccc(-c2cc3ccccc3c[n+]2C)c(C)c1.Cc1ccccc1-c1ccc2ccccc2[n+]1C.[2H]C([2H])([2H])c1cc(C)cc(-c2cc3ccccc3c[n+]2C)c1C.[2H]C([2H])([2H])c1ccc(-c2cc3ccccc3c[n+]2C)c(C)c1. The minimum absolute atomic E-state index is 0.386. The van der Waals surface area contributed by atoms with Gasteiger partial charge < -0.3 is 0 Å². The second-order valence-electron chi connectivity index (χ2n) is 25.8. The van der Waals surface area contributed by atoms with Gasteiger partial charge in [0.2, 0.25) is 34.0 Å². The lowest BCUT2D eigenvalue weighted by atomic mass is 9.96. The first kappa shape index (κ1) is 59.0. The van der Waals surface area contributed by atoms with Gasteiger partial charge in [-0.1, -0.05) is 162 Å². The van der Waals surface area contributed by atoms with Gasteiger partial charge in [0, 0.05) is 99.4 Å². The number of rotatable bonds is 5. The highest BCUT2D eigenvalue weighted by atomic mass is 14.9. The molecule has 15 rings (SSSR count). The average Bonchev–Trinajstić information content (AvgIpc) is 0.851. The van der Waals surface area contributed by atoms with E-state index in [4.69, 9.17) is 8.22 Å². The van der Waals surface area contributed by atoms with Gasteiger partial charge in [0.1, 0.15) is 35.2 Å². The summed E-state index contributed by atoms with van der Waals surface area (Å²) in [6.45, 7) is 14.7. The Hall–Kier alpha value is -10.8. The Kier molecular flexibility index (Phi) is 18.0. The van der Waals surface area contributed by atoms with Crippen molar-refractivity contribution in [3.8, 4) is 56.3 Å². The van der Waals surface area contributed by atoms with Crippen LogP contribution in [0.1, 0.15) is 69.4 Å². The van der Waals surface area contributed by atoms with Crippen molar-refractivity contribution in [3.63, 3.8) is 0 Å². The fourth-order valence-corrected chi connectivity index (χ4v) is 13.2. The molecule has 0 aliphatic heterocycles. The molecule has 0 radical (unpaired) electrons. The first-order valence-electron chi connectivity index (χ1n) is 36.0. The maximum atomic E-state index is 7.78. The molecule has 0 fully saturated rings. The second-order valence-corrected chi connectivity index (χ2v) is 25.8. The number of para-hydroxylation sites is 1. The van der Waals surface area contributed by atoms with Gasteiger partial charge in [-0.3, -0.25) is 0 Å². The van der Waals surface area contributed by atoms with Crippen LogP contribution in [0.4, 0.5) is 0 Å². The zero-order valence-electron chi connectivity index (χ0n) is 64.1. The van der Waals surface area contributed by atoms with Crippen molar-refractivity contribution in [2.45, 2.75) is 76.0 Å². The molecule has 0 bridgehead atoms. The number of aryl methyl sites for hydroxylation is 14. The lowest BCUT2D eigenvalue weighted by Gasteiger charge is -2.10. The Labute approximate surface area is 578 Å². The van der Waals surface area contributed by atoms with E-state index in [0.717, 1.165) is 44.6 Å². The standard InChI is InChI=1S/2C19H20N.2C18H18N.C17H16N/c2*1-13-9-14(2)15(3)18(10-13)19-11-16-7-5-6-8-17(16)12-20(19)4;2*1-13-8-9-17(14(2)10-13)18-11-15-6-4-5-7-16(15)12-19(18)3;1-13-7-3-5-9-15(13)17-12-11-14-8-4-6-10-16(14)18(17)2/h2*5-12H,1-4H3;2*4-12H,1-3H3;3-12H,1-2H3/q5*+1/i2D3;;1D3;;. The third-order valence-corrected chi connectivity index (χ3v) is 18.6. The van der Waals surface area contributed by atoms with Crippen molar-refractivity contribution in [3.05, 3.63) is 329 Å². The first-order chi connectivity index (χ1) is 48.6. The van der Waals surface area contributed by atoms with Crippen LogP contribution < -0.4 is 22.8 Å². The molecule has 0 spiro atoms. The zero-order chi connectivity index (χ0) is 72.9. The third kappa shape index (κ3) is 14.9. The lowest BCUT2D eigenvalue weighted by molar-refractivity contribution is -0.659. The van der Waals surface area contributed by atoms with Crippen LogP contribution in [-0.2, 0) is 35.2 Å². The second kappa shape index (κ2) is 29.3. The minimum atomic E-state index is -2.10. The molecule has 0 N–H and O–H groups in total. The van der Waals surface area contributed by atoms with Crippen molar-refractivity contribution >= 4 is 54.0 Å². The Morgan fingerprint density at radius 1 is 0.229 bits per heavy atom. The maximum Gasteiger partial charge on any atom is 0.213 e. The molecule has 0 atom stereocenters. The normalized spacial score (nSPS) is 12.1. The Bertz CT molecular complexity index is 5630. The number of benzene rings is 10. The molecule has 0 unspecified atom stereocenters. The number of nitrogens with zero attached hydrogens (tertiary/aromatic N) is 5. The molecule has 5 heteroatoms. The Morgan fingerprint density at radius 3 is 1.00 bits per heavy atom. The summed E-state index contributed by atoms with van der Waals surface area (Å²) >= 11 is 0. The van der Waals surface area contributed by atoms with Crippen LogP contribution >= 0.6 is 0 Å². The Morgan fingerprint density at radius 2 is 0.573 bits per heavy atom. The molecule has 0 saturated heterocycles. The number of fused-ring (bicyclic) bond motifs is 5. The molecule has 5 nitrogen and oxygen atoms in total. The number of hydrogen-bond acceptors (Lipinski definition) is 0. The molecular weight excluding hydrogens is 1160 g/mol. The zero-order valence-corrected chi connectivity index (χ0v) is 58.1. The number of hydrogen-bond donors (Lipinski definition) is 0. The largest absolute Gasteiger partial charge is 0.213 e. The number of aromatic nitrogens is 5. The van der Waals surface area contributed by atoms with Gasteiger partial charge in [0.15, 0.2) is 24.8 Å². The van der Waals surface area contributed by atoms with Crippen LogP contribution in [0.25, 0.3) is 110 Å². The molecule has 5 heterocycles. The van der Waals surface area contributed by atoms with Crippen LogP contribution in [0, 0.1) is 76.0 Å². The third-order valence-electron chi connectivity index (χ3n) is 18.6. The summed E-state index contributed by atoms with van der Waals surface area (Å²) in [5, 5.41) is 11.1. The van der Waals surface area contributed by atoms with Gasteiger partial charge in [0.05, 0.1) is 0 Å². The summed E-state index contributed by atoms with van der Waals surface area (Å²) < 4.78 is 56.8. The molecule has 0 aliphatic carbocycles. The first-order valence-corrected chi connectivity index (χ1v) is 33.0. The van der Waals surface area contributed by atoms with Crippen LogP contribution in [0.5, 0.6) is 0 Å². The van der Waals surface area contributed by atoms with E-state index in [1.807, 2.05) is 65.2 Å². The van der Waals surface area contributed by atoms with Crippen LogP contribution in [0.3, 0.4) is 0 Å². The molecule has 0 aliphatic rings. The topological polar surface area (TPSA) is 19.4 Å². The highest BCUT2D eigenvalue weighted by Gasteiger charge is 2.20. The molecule has 476 valence electrons. The minimum Gasteiger partial charge on any atom is -0.200 e. The fraction of sp³-hybridized carbons (Fsp3) is 0.176. The van der Waals surface area contributed by atoms with Gasteiger partial charge in [-0.15, -0.1) is 0 Å². The lowest BCUT2D eigenvalue weighted by Crippen LogP contribution is -2.32. The average molecular weight is 1260 g/mol. The summed E-state index contributed by atoms with van der Waals surface area (Å²) in [4.78, 5) is 0. The number of pyridine rings is 5. The van der Waals surface area contributed by atoms with Gasteiger partial charge in [-0.2, -0.15) is 4.57 Å². The van der Waals surface area contributed by atoms with Crippen LogP contribution in [0.15, 0.2) is 267 Å². The summed E-state index contributed by atoms with van der Waals surface area (Å²) in [5.74, 6) is 0. The van der Waals surface area contributed by atoms with E-state index in [-0.39, 0.29) is 0 Å². The summed E-state index contributed by atoms with van der Waals surface area (Å²) in [5.41, 5.74) is 24.7. The quantitative estimate of drug-likeness (QED) is 0.153. The predicted octanol–water partition coefficient (Wildman–Crippen LogP) is 20.0. The van der Waals surface area contributed by atoms with E-state index in [1.54, 1.807) is 18.2 Å². The van der Waals surface area contributed by atoms with E-state index < -0.39 is 13.7 Å². The van der Waals surface area contributed by atoms with E-state index in [9.17, 15) is 0 Å². The summed E-state index contributed by atoms with van der Waals surface area (Å²) in [6, 6.07) is 84.0. The van der Waals surface area contributed by atoms with Crippen molar-refractivity contribution in [1.29, 1.82) is 0 Å². The van der Waals surface area contributed by atoms with Crippen LogP contribution in [0.2, 0.25) is 0 Å². The van der Waals surface area contributed by atoms with Crippen molar-refractivity contribution in [2.24, 2.45) is 35.2 Å². The summed E-state index contributed by atoms with van der Waals surface area (Å²) in [7, 11) is 10.4. The fourth-order valence-electron chi connectivity index (χ4n) is 13.2. The van der Waals surface area contributed by atoms with E-state index in [1.165, 1.54) is 116 Å². The van der Waals surface area contributed by atoms with E-state index in [0.29, 0.717) is 11.1 Å². The highest BCUT2D eigenvalue weighted by molar-refractivity contribution is 5.87. The summed E-state index contributed by atoms with van der Waals surface area (Å²) in [6.07, 6.45) is 8.59. The molecule has 0 amide bonds. The molecule has 5 aromatic heterocycles. The predicted molar refractivity (Wildman–Crippen MR) is 405 cm³/mol. The molecule has 15 aromatic rings. The highest BCUT2D eigenvalue weighted by Crippen LogP contribution is 2.31. The van der Waals surface area contributed by atoms with E-state index in [2.05, 4.69) is 304 Å². The maximum absolute atomic E-state index is 7.78. The van der Waals surface area contributed by atoms with E-state index >= 15 is 0 Å². The van der Waals surface area contributed by atoms with Crippen molar-refractivity contribution in [2.75, 3.05) is 0 Å². The molecular formula is C91H92N5+5. The smallest absolute Gasteiger partial charge is 0.200 e. The molecule has 0 saturated carbocycles. The van der Waals surface area contributed by atoms with Gasteiger partial charge in [0.25, 0.3) is 0 Å². The van der Waals surface area contributed by atoms with Gasteiger partial charge in [-0.05, 0) is 203 Å². The van der Waals surface area contributed by atoms with Gasteiger partial charge in [-0.25, -0.2) is 18.3 Å². The van der Waals surface area contributed by atoms with Crippen molar-refractivity contribution in [1.82, 2.24) is 0 Å². The molecule has 10 aromatic carbocycles.